The molecule has 4 nitrogen and oxygen atoms in total. The predicted molar refractivity (Wildman–Crippen MR) is 70.0 cm³/mol. The van der Waals surface area contributed by atoms with Gasteiger partial charge in [0.1, 0.15) is 12.7 Å². The van der Waals surface area contributed by atoms with Crippen LogP contribution in [0, 0.1) is 5.92 Å². The molecule has 0 fully saturated rings. The summed E-state index contributed by atoms with van der Waals surface area (Å²) in [6.07, 6.45) is 2.62. The third-order valence-electron chi connectivity index (χ3n) is 3.38. The van der Waals surface area contributed by atoms with E-state index in [9.17, 15) is 9.59 Å². The zero-order valence-electron chi connectivity index (χ0n) is 11.2. The van der Waals surface area contributed by atoms with Crippen molar-refractivity contribution in [2.45, 2.75) is 20.3 Å². The smallest absolute Gasteiger partial charge is 0.224 e. The fourth-order valence-electron chi connectivity index (χ4n) is 2.20. The Kier molecular flexibility index (Phi) is 3.96. The third kappa shape index (κ3) is 2.51. The second-order valence-corrected chi connectivity index (χ2v) is 6.35. The van der Waals surface area contributed by atoms with Gasteiger partial charge < -0.3 is 0 Å². The fourth-order valence-corrected chi connectivity index (χ4v) is 3.10. The van der Waals surface area contributed by atoms with Crippen LogP contribution in [0.5, 0.6) is 0 Å². The average molecular weight is 305 g/mol. The lowest BCUT2D eigenvalue weighted by molar-refractivity contribution is -0.889. The van der Waals surface area contributed by atoms with Crippen LogP contribution >= 0.6 is 15.9 Å². The Balaban J connectivity index is 3.18. The molecule has 0 spiro atoms. The first kappa shape index (κ1) is 14.5. The van der Waals surface area contributed by atoms with Crippen molar-refractivity contribution >= 4 is 27.9 Å². The van der Waals surface area contributed by atoms with Crippen LogP contribution in [0.3, 0.4) is 0 Å². The van der Waals surface area contributed by atoms with E-state index in [2.05, 4.69) is 29.8 Å². The number of carbonyl (C=O) groups excluding carboxylic acids is 2. The first-order chi connectivity index (χ1) is 7.65. The second-order valence-electron chi connectivity index (χ2n) is 5.49. The number of amides is 3. The number of urea groups is 1. The van der Waals surface area contributed by atoms with Gasteiger partial charge >= 0.3 is 11.9 Å². The van der Waals surface area contributed by atoms with Crippen molar-refractivity contribution in [3.05, 3.63) is 10.7 Å². The summed E-state index contributed by atoms with van der Waals surface area (Å²) in [5.41, 5.74) is 0. The molecule has 0 aromatic heterocycles. The highest BCUT2D eigenvalue weighted by Crippen LogP contribution is 2.29. The number of carbonyl (C=O) groups is 2. The Morgan fingerprint density at radius 2 is 1.82 bits per heavy atom. The molecule has 3 amide bonds. The van der Waals surface area contributed by atoms with Gasteiger partial charge in [0.25, 0.3) is 0 Å². The van der Waals surface area contributed by atoms with Gasteiger partial charge in [0.2, 0.25) is 0 Å². The van der Waals surface area contributed by atoms with Crippen LogP contribution < -0.4 is 0 Å². The molecule has 0 aliphatic carbocycles. The van der Waals surface area contributed by atoms with E-state index in [1.807, 2.05) is 0 Å². The molecular formula is C12H21BrN2O2+2. The van der Waals surface area contributed by atoms with Crippen molar-refractivity contribution in [3.8, 4) is 0 Å². The Labute approximate surface area is 111 Å². The molecule has 17 heavy (non-hydrogen) atoms. The molecule has 1 aliphatic rings. The van der Waals surface area contributed by atoms with E-state index >= 15 is 0 Å². The van der Waals surface area contributed by atoms with Crippen molar-refractivity contribution < 1.29 is 18.6 Å². The summed E-state index contributed by atoms with van der Waals surface area (Å²) in [6.45, 7) is 4.69. The minimum atomic E-state index is -0.154. The van der Waals surface area contributed by atoms with Crippen molar-refractivity contribution in [3.63, 3.8) is 0 Å². The first-order valence-electron chi connectivity index (χ1n) is 5.82. The molecule has 2 atom stereocenters. The number of halogens is 1. The van der Waals surface area contributed by atoms with E-state index in [0.717, 1.165) is 6.42 Å². The summed E-state index contributed by atoms with van der Waals surface area (Å²) in [7, 11) is 5.30. The lowest BCUT2D eigenvalue weighted by Crippen LogP contribution is -2.66. The molecule has 5 heteroatoms. The number of nitrogens with zero attached hydrogens (tertiary/aromatic N) is 2. The van der Waals surface area contributed by atoms with Crippen molar-refractivity contribution in [2.24, 2.45) is 5.92 Å². The van der Waals surface area contributed by atoms with Crippen molar-refractivity contribution in [2.75, 3.05) is 27.7 Å². The van der Waals surface area contributed by atoms with Crippen LogP contribution in [-0.2, 0) is 4.79 Å². The Morgan fingerprint density at radius 1 is 1.29 bits per heavy atom. The molecule has 96 valence electrons. The summed E-state index contributed by atoms with van der Waals surface area (Å²) in [5, 5.41) is 0. The average Bonchev–Trinajstić information content (AvgIpc) is 2.24. The van der Waals surface area contributed by atoms with Crippen molar-refractivity contribution in [1.29, 1.82) is 0 Å². The van der Waals surface area contributed by atoms with Gasteiger partial charge in [-0.25, -0.2) is 4.79 Å². The van der Waals surface area contributed by atoms with Gasteiger partial charge in [0, 0.05) is 5.92 Å². The van der Waals surface area contributed by atoms with Gasteiger partial charge in [0.05, 0.1) is 21.1 Å². The van der Waals surface area contributed by atoms with Crippen molar-refractivity contribution in [1.82, 2.24) is 0 Å². The van der Waals surface area contributed by atoms with Gasteiger partial charge in [-0.15, -0.1) is 4.48 Å². The zero-order valence-corrected chi connectivity index (χ0v) is 12.7. The minimum absolute atomic E-state index is 0.0847. The van der Waals surface area contributed by atoms with Crippen LogP contribution in [0.2, 0.25) is 0 Å². The monoisotopic (exact) mass is 304 g/mol. The Bertz CT molecular complexity index is 390. The summed E-state index contributed by atoms with van der Waals surface area (Å²) in [5.74, 6) is 0.194. The van der Waals surface area contributed by atoms with Crippen LogP contribution in [0.15, 0.2) is 10.7 Å². The van der Waals surface area contributed by atoms with E-state index in [0.29, 0.717) is 16.9 Å². The zero-order chi connectivity index (χ0) is 13.4. The van der Waals surface area contributed by atoms with Crippen LogP contribution in [-0.4, -0.2) is 48.6 Å². The highest BCUT2D eigenvalue weighted by atomic mass is 79.9. The van der Waals surface area contributed by atoms with Gasteiger partial charge in [-0.3, -0.25) is 0 Å². The summed E-state index contributed by atoms with van der Waals surface area (Å²) >= 11 is 3.27. The molecule has 1 heterocycles. The molecule has 2 unspecified atom stereocenters. The van der Waals surface area contributed by atoms with E-state index in [1.54, 1.807) is 27.3 Å². The van der Waals surface area contributed by atoms with E-state index in [-0.39, 0.29) is 20.9 Å². The maximum Gasteiger partial charge on any atom is 0.526 e. The molecule has 0 aromatic rings. The quantitative estimate of drug-likeness (QED) is 0.751. The molecule has 0 N–H and O–H groups in total. The largest absolute Gasteiger partial charge is 0.526 e. The molecule has 0 saturated carbocycles. The summed E-state index contributed by atoms with van der Waals surface area (Å²) < 4.78 is 0.436. The summed E-state index contributed by atoms with van der Waals surface area (Å²) in [6, 6.07) is -0.0847. The highest BCUT2D eigenvalue weighted by molar-refractivity contribution is 9.12. The van der Waals surface area contributed by atoms with Crippen LogP contribution in [0.4, 0.5) is 4.79 Å². The summed E-state index contributed by atoms with van der Waals surface area (Å²) in [4.78, 5) is 24.7. The minimum Gasteiger partial charge on any atom is -0.224 e. The number of hydrogen-bond donors (Lipinski definition) is 0. The molecule has 1 aliphatic heterocycles. The Morgan fingerprint density at radius 3 is 2.29 bits per heavy atom. The van der Waals surface area contributed by atoms with E-state index in [1.165, 1.54) is 0 Å². The standard InChI is InChI=1S/C12H21BrN2O2/c1-6-9(2)7-15(5)11(16)10(13)8-14(3,4)12(15)17/h8-9H,6-7H2,1-5H3/q+2. The molecular weight excluding hydrogens is 284 g/mol. The van der Waals surface area contributed by atoms with E-state index < -0.39 is 0 Å². The molecule has 0 aromatic carbocycles. The maximum absolute atomic E-state index is 12.4. The highest BCUT2D eigenvalue weighted by Gasteiger charge is 2.55. The lowest BCUT2D eigenvalue weighted by Gasteiger charge is -2.37. The predicted octanol–water partition coefficient (Wildman–Crippen LogP) is 2.45. The second kappa shape index (κ2) is 4.63. The van der Waals surface area contributed by atoms with Gasteiger partial charge in [-0.1, -0.05) is 13.8 Å². The van der Waals surface area contributed by atoms with Crippen LogP contribution in [0.1, 0.15) is 20.3 Å². The van der Waals surface area contributed by atoms with E-state index in [4.69, 9.17) is 0 Å². The maximum atomic E-state index is 12.4. The molecule has 0 saturated heterocycles. The number of imide groups is 1. The molecule has 0 radical (unpaired) electrons. The fraction of sp³-hybridized carbons (Fsp3) is 0.667. The number of hydrogen-bond acceptors (Lipinski definition) is 2. The Hall–Kier alpha value is -0.520. The number of rotatable bonds is 3. The SMILES string of the molecule is CCC(C)C[N+]1(C)C(=O)C(Br)=C[N+](C)(C)C1=O. The number of likely N-dealkylation sites (N-methyl/N-ethyl adjacent to an activating group) is 1. The van der Waals surface area contributed by atoms with Crippen LogP contribution in [0.25, 0.3) is 0 Å². The normalized spacial score (nSPS) is 30.1. The third-order valence-corrected chi connectivity index (χ3v) is 3.92. The topological polar surface area (TPSA) is 34.1 Å². The lowest BCUT2D eigenvalue weighted by atomic mass is 10.1. The van der Waals surface area contributed by atoms with Gasteiger partial charge in [-0.05, 0) is 22.4 Å². The first-order valence-corrected chi connectivity index (χ1v) is 6.62. The van der Waals surface area contributed by atoms with Gasteiger partial charge in [0.15, 0.2) is 4.48 Å². The molecule has 1 rings (SSSR count). The van der Waals surface area contributed by atoms with Gasteiger partial charge in [-0.2, -0.15) is 9.28 Å². The molecule has 0 bridgehead atoms. The number of quaternary nitrogens is 2.